The van der Waals surface area contributed by atoms with E-state index in [1.54, 1.807) is 24.3 Å². The average Bonchev–Trinajstić information content (AvgIpc) is 2.77. The lowest BCUT2D eigenvalue weighted by Crippen LogP contribution is -2.13. The molecule has 0 heterocycles. The zero-order chi connectivity index (χ0) is 26.6. The Labute approximate surface area is 213 Å². The molecule has 0 saturated carbocycles. The summed E-state index contributed by atoms with van der Waals surface area (Å²) in [5.74, 6) is 0. The van der Waals surface area contributed by atoms with Crippen molar-refractivity contribution >= 4 is 20.2 Å². The molecule has 2 rings (SSSR count). The summed E-state index contributed by atoms with van der Waals surface area (Å²) >= 11 is 0. The highest BCUT2D eigenvalue weighted by atomic mass is 32.2. The first-order chi connectivity index (χ1) is 17.0. The molecule has 0 aliphatic rings. The largest absolute Gasteiger partial charge is 0.379 e. The van der Waals surface area contributed by atoms with Gasteiger partial charge in [-0.1, -0.05) is 35.4 Å². The summed E-state index contributed by atoms with van der Waals surface area (Å²) < 4.78 is 86.3. The van der Waals surface area contributed by atoms with Crippen LogP contribution in [0.25, 0.3) is 0 Å². The molecule has 0 fully saturated rings. The average molecular weight is 547 g/mol. The van der Waals surface area contributed by atoms with E-state index >= 15 is 0 Å². The Kier molecular flexibility index (Phi) is 12.4. The Morgan fingerprint density at radius 3 is 1.17 bits per heavy atom. The number of ether oxygens (including phenoxy) is 4. The van der Waals surface area contributed by atoms with Crippen molar-refractivity contribution in [2.45, 2.75) is 36.5 Å². The molecular weight excluding hydrogens is 512 g/mol. The summed E-state index contributed by atoms with van der Waals surface area (Å²) in [4.78, 5) is -0.209. The summed E-state index contributed by atoms with van der Waals surface area (Å²) in [5.41, 5.74) is 2.80. The second kappa shape index (κ2) is 14.7. The van der Waals surface area contributed by atoms with E-state index in [1.165, 1.54) is 12.1 Å². The summed E-state index contributed by atoms with van der Waals surface area (Å²) in [7, 11) is -8.55. The third kappa shape index (κ3) is 11.0. The third-order valence-corrected chi connectivity index (χ3v) is 7.04. The van der Waals surface area contributed by atoms with Gasteiger partial charge in [-0.3, -0.25) is 9.11 Å². The Balaban J connectivity index is 1.50. The quantitative estimate of drug-likeness (QED) is 0.224. The van der Waals surface area contributed by atoms with Gasteiger partial charge in [0.2, 0.25) is 0 Å². The molecular formula is C24H34O10S2. The van der Waals surface area contributed by atoms with Crippen molar-refractivity contribution in [2.75, 3.05) is 52.9 Å². The van der Waals surface area contributed by atoms with E-state index in [0.717, 1.165) is 11.1 Å². The highest BCUT2D eigenvalue weighted by Gasteiger charge is 2.16. The summed E-state index contributed by atoms with van der Waals surface area (Å²) in [6.07, 6.45) is 0.696. The molecule has 0 aliphatic carbocycles. The second-order valence-electron chi connectivity index (χ2n) is 8.12. The lowest BCUT2D eigenvalue weighted by Gasteiger charge is -2.10. The van der Waals surface area contributed by atoms with Gasteiger partial charge in [-0.05, 0) is 49.9 Å². The fourth-order valence-electron chi connectivity index (χ4n) is 3.44. The Hall–Kier alpha value is -1.90. The van der Waals surface area contributed by atoms with E-state index in [0.29, 0.717) is 63.6 Å². The van der Waals surface area contributed by atoms with Crippen LogP contribution in [0.3, 0.4) is 0 Å². The van der Waals surface area contributed by atoms with E-state index < -0.39 is 20.2 Å². The van der Waals surface area contributed by atoms with Crippen molar-refractivity contribution < 1.29 is 44.9 Å². The van der Waals surface area contributed by atoms with Crippen molar-refractivity contribution in [1.29, 1.82) is 0 Å². The molecule has 0 radical (unpaired) electrons. The molecule has 0 aliphatic heterocycles. The zero-order valence-electron chi connectivity index (χ0n) is 20.5. The maximum atomic E-state index is 11.5. The highest BCUT2D eigenvalue weighted by molar-refractivity contribution is 7.86. The number of benzene rings is 2. The molecule has 12 heteroatoms. The molecule has 2 aromatic rings. The van der Waals surface area contributed by atoms with Gasteiger partial charge in [-0.2, -0.15) is 16.8 Å². The van der Waals surface area contributed by atoms with E-state index in [-0.39, 0.29) is 23.0 Å². The summed E-state index contributed by atoms with van der Waals surface area (Å²) in [5, 5.41) is 0. The predicted octanol–water partition coefficient (Wildman–Crippen LogP) is 2.65. The number of rotatable bonds is 17. The van der Waals surface area contributed by atoms with Gasteiger partial charge in [-0.15, -0.1) is 0 Å². The van der Waals surface area contributed by atoms with Crippen LogP contribution in [0, 0.1) is 13.8 Å². The minimum Gasteiger partial charge on any atom is -0.379 e. The van der Waals surface area contributed by atoms with Gasteiger partial charge in [0.05, 0.1) is 62.6 Å². The number of hydrogen-bond acceptors (Lipinski definition) is 8. The molecule has 10 nitrogen and oxygen atoms in total. The van der Waals surface area contributed by atoms with Crippen molar-refractivity contribution in [3.8, 4) is 0 Å². The van der Waals surface area contributed by atoms with Gasteiger partial charge in [-0.25, -0.2) is 0 Å². The maximum absolute atomic E-state index is 11.5. The van der Waals surface area contributed by atoms with E-state index in [1.807, 2.05) is 13.8 Å². The molecule has 0 aromatic heterocycles. The number of aryl methyl sites for hydroxylation is 2. The first-order valence-corrected chi connectivity index (χ1v) is 14.3. The normalized spacial score (nSPS) is 12.2. The first kappa shape index (κ1) is 30.3. The SMILES string of the molecule is Cc1ccc(S(=O)(=O)O)c(CCOCCOCCOCCOCCc2cc(C)ccc2S(=O)(=O)O)c1. The minimum atomic E-state index is -4.27. The molecule has 0 saturated heterocycles. The van der Waals surface area contributed by atoms with Gasteiger partial charge in [0, 0.05) is 0 Å². The van der Waals surface area contributed by atoms with Crippen molar-refractivity contribution in [1.82, 2.24) is 0 Å². The lowest BCUT2D eigenvalue weighted by molar-refractivity contribution is -0.00123. The van der Waals surface area contributed by atoms with Gasteiger partial charge >= 0.3 is 0 Å². The summed E-state index contributed by atoms with van der Waals surface area (Å²) in [6, 6.07) is 9.45. The molecule has 0 spiro atoms. The van der Waals surface area contributed by atoms with Crippen LogP contribution in [0.1, 0.15) is 22.3 Å². The van der Waals surface area contributed by atoms with Gasteiger partial charge in [0.25, 0.3) is 20.2 Å². The van der Waals surface area contributed by atoms with Crippen LogP contribution in [-0.4, -0.2) is 78.8 Å². The smallest absolute Gasteiger partial charge is 0.294 e. The van der Waals surface area contributed by atoms with Crippen LogP contribution in [0.4, 0.5) is 0 Å². The highest BCUT2D eigenvalue weighted by Crippen LogP contribution is 2.19. The molecule has 0 amide bonds. The van der Waals surface area contributed by atoms with Crippen molar-refractivity contribution in [2.24, 2.45) is 0 Å². The second-order valence-corrected chi connectivity index (χ2v) is 10.9. The monoisotopic (exact) mass is 546 g/mol. The molecule has 2 aromatic carbocycles. The molecule has 202 valence electrons. The van der Waals surface area contributed by atoms with E-state index in [2.05, 4.69) is 0 Å². The lowest BCUT2D eigenvalue weighted by atomic mass is 10.1. The Morgan fingerprint density at radius 1 is 0.556 bits per heavy atom. The predicted molar refractivity (Wildman–Crippen MR) is 133 cm³/mol. The summed E-state index contributed by atoms with van der Waals surface area (Å²) in [6.45, 7) is 6.37. The van der Waals surface area contributed by atoms with Crippen LogP contribution >= 0.6 is 0 Å². The fourth-order valence-corrected chi connectivity index (χ4v) is 4.90. The van der Waals surface area contributed by atoms with Crippen LogP contribution < -0.4 is 0 Å². The Bertz CT molecular complexity index is 1080. The van der Waals surface area contributed by atoms with Gasteiger partial charge < -0.3 is 18.9 Å². The molecule has 0 unspecified atom stereocenters. The van der Waals surface area contributed by atoms with Crippen molar-refractivity contribution in [3.63, 3.8) is 0 Å². The van der Waals surface area contributed by atoms with Gasteiger partial charge in [0.1, 0.15) is 0 Å². The van der Waals surface area contributed by atoms with Crippen LogP contribution in [0.5, 0.6) is 0 Å². The minimum absolute atomic E-state index is 0.105. The van der Waals surface area contributed by atoms with Crippen LogP contribution in [-0.2, 0) is 52.0 Å². The van der Waals surface area contributed by atoms with E-state index in [9.17, 15) is 25.9 Å². The molecule has 2 N–H and O–H groups in total. The van der Waals surface area contributed by atoms with Gasteiger partial charge in [0.15, 0.2) is 0 Å². The maximum Gasteiger partial charge on any atom is 0.294 e. The topological polar surface area (TPSA) is 146 Å². The molecule has 0 bridgehead atoms. The van der Waals surface area contributed by atoms with Crippen molar-refractivity contribution in [3.05, 3.63) is 58.7 Å². The Morgan fingerprint density at radius 2 is 0.861 bits per heavy atom. The first-order valence-electron chi connectivity index (χ1n) is 11.4. The zero-order valence-corrected chi connectivity index (χ0v) is 22.1. The third-order valence-electron chi connectivity index (χ3n) is 5.14. The van der Waals surface area contributed by atoms with E-state index in [4.69, 9.17) is 18.9 Å². The molecule has 0 atom stereocenters. The molecule has 36 heavy (non-hydrogen) atoms. The standard InChI is InChI=1S/C24H34O10S2/c1-19-3-5-23(35(25,26)27)21(17-19)7-9-31-11-13-33-15-16-34-14-12-32-10-8-22-18-20(2)4-6-24(22)36(28,29)30/h3-6,17-18H,7-16H2,1-2H3,(H,25,26,27)(H,28,29,30). The van der Waals surface area contributed by atoms with Crippen LogP contribution in [0.2, 0.25) is 0 Å². The fraction of sp³-hybridized carbons (Fsp3) is 0.500. The number of hydrogen-bond donors (Lipinski definition) is 2. The van der Waals surface area contributed by atoms with Crippen LogP contribution in [0.15, 0.2) is 46.2 Å².